The molecule has 4 aromatic rings. The number of benzene rings is 2. The molecular formula is C26H24IrNO3-. The first-order valence-corrected chi connectivity index (χ1v) is 10.2. The Labute approximate surface area is 195 Å². The maximum atomic E-state index is 10.0. The minimum absolute atomic E-state index is 0. The number of pyridine rings is 1. The summed E-state index contributed by atoms with van der Waals surface area (Å²) in [6.07, 6.45) is 7.96. The van der Waals surface area contributed by atoms with Gasteiger partial charge >= 0.3 is 0 Å². The largest absolute Gasteiger partial charge is 0.512 e. The molecule has 1 aliphatic rings. The number of hydrogen-bond donors (Lipinski definition) is 1. The minimum atomic E-state index is -0.125. The quantitative estimate of drug-likeness (QED) is 0.168. The Morgan fingerprint density at radius 2 is 1.84 bits per heavy atom. The van der Waals surface area contributed by atoms with Gasteiger partial charge in [0.25, 0.3) is 0 Å². The van der Waals surface area contributed by atoms with E-state index in [0.29, 0.717) is 0 Å². The van der Waals surface area contributed by atoms with Crippen LogP contribution < -0.4 is 0 Å². The fourth-order valence-corrected chi connectivity index (χ4v) is 3.96. The number of carbonyl (C=O) groups is 1. The number of rotatable bonds is 2. The van der Waals surface area contributed by atoms with E-state index >= 15 is 0 Å². The summed E-state index contributed by atoms with van der Waals surface area (Å²) in [5.74, 6) is -0.0625. The monoisotopic (exact) mass is 591 g/mol. The molecule has 1 radical (unpaired) electrons. The molecule has 2 aromatic heterocycles. The van der Waals surface area contributed by atoms with Gasteiger partial charge in [-0.3, -0.25) is 4.79 Å². The Bertz CT molecular complexity index is 1240. The second kappa shape index (κ2) is 10.0. The van der Waals surface area contributed by atoms with E-state index in [4.69, 9.17) is 9.52 Å². The normalized spacial score (nSPS) is 13.2. The number of aliphatic hydroxyl groups is 1. The third-order valence-corrected chi connectivity index (χ3v) is 5.23. The van der Waals surface area contributed by atoms with E-state index in [2.05, 4.69) is 29.2 Å². The fourth-order valence-electron chi connectivity index (χ4n) is 3.96. The molecule has 0 saturated carbocycles. The maximum Gasteiger partial charge on any atom is 0.155 e. The number of allylic oxidation sites excluding steroid dienone is 2. The van der Waals surface area contributed by atoms with Crippen LogP contribution >= 0.6 is 0 Å². The van der Waals surface area contributed by atoms with Crippen LogP contribution in [0.2, 0.25) is 0 Å². The Balaban J connectivity index is 0.000000299. The van der Waals surface area contributed by atoms with Gasteiger partial charge in [0.15, 0.2) is 5.78 Å². The zero-order valence-corrected chi connectivity index (χ0v) is 20.0. The molecule has 4 nitrogen and oxygen atoms in total. The zero-order chi connectivity index (χ0) is 21.1. The SMILES string of the molecule is CC(=O)/C=C(/C)O.[Ir].[c-]1ccccc1-c1nccc2c1oc1cc3c(cc12)CCCC3. The topological polar surface area (TPSA) is 63.3 Å². The summed E-state index contributed by atoms with van der Waals surface area (Å²) in [5, 5.41) is 10.7. The average Bonchev–Trinajstić information content (AvgIpc) is 3.09. The molecule has 1 aliphatic carbocycles. The summed E-state index contributed by atoms with van der Waals surface area (Å²) in [6.45, 7) is 2.85. The third kappa shape index (κ3) is 5.12. The molecule has 0 unspecified atom stereocenters. The Morgan fingerprint density at radius 3 is 2.45 bits per heavy atom. The number of aliphatic hydroxyl groups excluding tert-OH is 1. The van der Waals surface area contributed by atoms with Gasteiger partial charge in [-0.2, -0.15) is 0 Å². The van der Waals surface area contributed by atoms with Gasteiger partial charge < -0.3 is 14.5 Å². The Hall–Kier alpha value is -2.75. The molecule has 5 rings (SSSR count). The van der Waals surface area contributed by atoms with Gasteiger partial charge in [-0.1, -0.05) is 0 Å². The summed E-state index contributed by atoms with van der Waals surface area (Å²) in [7, 11) is 0. The van der Waals surface area contributed by atoms with E-state index < -0.39 is 0 Å². The van der Waals surface area contributed by atoms with Crippen LogP contribution in [-0.2, 0) is 37.7 Å². The summed E-state index contributed by atoms with van der Waals surface area (Å²) in [5.41, 5.74) is 6.62. The first kappa shape index (κ1) is 22.9. The van der Waals surface area contributed by atoms with Crippen LogP contribution in [0.1, 0.15) is 37.8 Å². The van der Waals surface area contributed by atoms with Gasteiger partial charge in [0.05, 0.1) is 5.76 Å². The molecule has 2 heterocycles. The van der Waals surface area contributed by atoms with Crippen LogP contribution in [0.3, 0.4) is 0 Å². The number of aromatic nitrogens is 1. The molecule has 0 amide bonds. The molecule has 0 saturated heterocycles. The van der Waals surface area contributed by atoms with Crippen molar-refractivity contribution in [3.05, 3.63) is 77.7 Å². The van der Waals surface area contributed by atoms with E-state index in [9.17, 15) is 4.79 Å². The van der Waals surface area contributed by atoms with Gasteiger partial charge in [-0.25, -0.2) is 0 Å². The van der Waals surface area contributed by atoms with Gasteiger partial charge in [-0.15, -0.1) is 35.9 Å². The predicted octanol–water partition coefficient (Wildman–Crippen LogP) is 6.36. The van der Waals surface area contributed by atoms with Gasteiger partial charge in [0.2, 0.25) is 0 Å². The molecule has 0 atom stereocenters. The number of ketones is 1. The number of fused-ring (bicyclic) bond motifs is 4. The Kier molecular flexibility index (Phi) is 7.42. The van der Waals surface area contributed by atoms with Crippen molar-refractivity contribution in [3.63, 3.8) is 0 Å². The van der Waals surface area contributed by atoms with E-state index in [1.807, 2.05) is 30.5 Å². The van der Waals surface area contributed by atoms with Crippen molar-refractivity contribution in [1.82, 2.24) is 4.98 Å². The van der Waals surface area contributed by atoms with Crippen molar-refractivity contribution in [2.75, 3.05) is 0 Å². The smallest absolute Gasteiger partial charge is 0.155 e. The fraction of sp³-hybridized carbons (Fsp3) is 0.231. The van der Waals surface area contributed by atoms with Crippen molar-refractivity contribution in [2.45, 2.75) is 39.5 Å². The molecule has 2 aromatic carbocycles. The summed E-state index contributed by atoms with van der Waals surface area (Å²) < 4.78 is 6.22. The molecule has 0 bridgehead atoms. The summed E-state index contributed by atoms with van der Waals surface area (Å²) in [6, 6.07) is 17.8. The summed E-state index contributed by atoms with van der Waals surface area (Å²) >= 11 is 0. The van der Waals surface area contributed by atoms with Crippen molar-refractivity contribution >= 4 is 27.7 Å². The van der Waals surface area contributed by atoms with Crippen LogP contribution in [0.4, 0.5) is 0 Å². The average molecular weight is 591 g/mol. The van der Waals surface area contributed by atoms with Crippen LogP contribution in [0.15, 0.2) is 64.9 Å². The second-order valence-electron chi connectivity index (χ2n) is 7.64. The van der Waals surface area contributed by atoms with E-state index in [-0.39, 0.29) is 31.6 Å². The van der Waals surface area contributed by atoms with E-state index in [1.54, 1.807) is 0 Å². The third-order valence-electron chi connectivity index (χ3n) is 5.23. The minimum Gasteiger partial charge on any atom is -0.512 e. The number of hydrogen-bond acceptors (Lipinski definition) is 4. The molecule has 1 N–H and O–H groups in total. The van der Waals surface area contributed by atoms with E-state index in [1.165, 1.54) is 62.1 Å². The number of nitrogens with zero attached hydrogens (tertiary/aromatic N) is 1. The van der Waals surface area contributed by atoms with Crippen LogP contribution in [0, 0.1) is 6.07 Å². The van der Waals surface area contributed by atoms with Gasteiger partial charge in [0.1, 0.15) is 11.2 Å². The molecule has 5 heteroatoms. The van der Waals surface area contributed by atoms with Crippen molar-refractivity contribution in [2.24, 2.45) is 0 Å². The number of aryl methyl sites for hydroxylation is 2. The van der Waals surface area contributed by atoms with E-state index in [0.717, 1.165) is 27.8 Å². The van der Waals surface area contributed by atoms with Crippen LogP contribution in [-0.4, -0.2) is 15.9 Å². The predicted molar refractivity (Wildman–Crippen MR) is 119 cm³/mol. The Morgan fingerprint density at radius 1 is 1.10 bits per heavy atom. The van der Waals surface area contributed by atoms with Crippen molar-refractivity contribution < 1.29 is 34.4 Å². The van der Waals surface area contributed by atoms with Gasteiger partial charge in [-0.05, 0) is 68.9 Å². The van der Waals surface area contributed by atoms with Crippen LogP contribution in [0.5, 0.6) is 0 Å². The standard InChI is InChI=1S/C21H16NO.C5H8O2.Ir/c1-2-6-14(7-3-1)20-21-17(10-11-22-20)18-12-15-8-4-5-9-16(15)13-19(18)23-21;1-4(6)3-5(2)7;/h1-3,6,10-13H,4-5,8-9H2;3,6H,1-2H3;/q-1;;/b;4-3-;. The van der Waals surface area contributed by atoms with Crippen molar-refractivity contribution in [1.29, 1.82) is 0 Å². The number of carbonyl (C=O) groups excluding carboxylic acids is 1. The zero-order valence-electron chi connectivity index (χ0n) is 17.6. The first-order chi connectivity index (χ1) is 14.5. The number of furan rings is 1. The second-order valence-corrected chi connectivity index (χ2v) is 7.64. The molecule has 0 spiro atoms. The van der Waals surface area contributed by atoms with Crippen molar-refractivity contribution in [3.8, 4) is 11.3 Å². The molecule has 0 aliphatic heterocycles. The summed E-state index contributed by atoms with van der Waals surface area (Å²) in [4.78, 5) is 14.6. The maximum absolute atomic E-state index is 10.0. The van der Waals surface area contributed by atoms with Crippen LogP contribution in [0.25, 0.3) is 33.2 Å². The van der Waals surface area contributed by atoms with Gasteiger partial charge in [0, 0.05) is 48.8 Å². The molecule has 161 valence electrons. The molecule has 31 heavy (non-hydrogen) atoms. The molecular weight excluding hydrogens is 567 g/mol. The first-order valence-electron chi connectivity index (χ1n) is 10.2. The molecule has 0 fully saturated rings.